The van der Waals surface area contributed by atoms with Crippen molar-refractivity contribution >= 4 is 34.5 Å². The molecule has 0 saturated carbocycles. The first-order chi connectivity index (χ1) is 11.1. The fourth-order valence-corrected chi connectivity index (χ4v) is 3.29. The van der Waals surface area contributed by atoms with Crippen LogP contribution in [0.5, 0.6) is 5.75 Å². The van der Waals surface area contributed by atoms with Gasteiger partial charge in [-0.1, -0.05) is 6.07 Å². The summed E-state index contributed by atoms with van der Waals surface area (Å²) in [6.45, 7) is 4.22. The number of nitrogens with one attached hydrogen (secondary N) is 1. The van der Waals surface area contributed by atoms with E-state index in [1.54, 1.807) is 41.4 Å². The van der Waals surface area contributed by atoms with E-state index >= 15 is 0 Å². The van der Waals surface area contributed by atoms with Crippen LogP contribution in [0, 0.1) is 0 Å². The largest absolute Gasteiger partial charge is 0.479 e. The Morgan fingerprint density at radius 2 is 2.22 bits per heavy atom. The van der Waals surface area contributed by atoms with Gasteiger partial charge in [0.1, 0.15) is 5.75 Å². The van der Waals surface area contributed by atoms with Gasteiger partial charge in [0.15, 0.2) is 6.10 Å². The first-order valence-corrected chi connectivity index (χ1v) is 8.40. The third-order valence-corrected chi connectivity index (χ3v) is 4.56. The summed E-state index contributed by atoms with van der Waals surface area (Å²) in [5.74, 6) is 0.518. The first kappa shape index (κ1) is 15.6. The van der Waals surface area contributed by atoms with Crippen molar-refractivity contribution in [2.45, 2.75) is 26.4 Å². The number of anilines is 2. The smallest absolute Gasteiger partial charge is 0.267 e. The summed E-state index contributed by atoms with van der Waals surface area (Å²) in [5.41, 5.74) is 1.36. The van der Waals surface area contributed by atoms with Gasteiger partial charge in [-0.2, -0.15) is 0 Å². The Hall–Kier alpha value is -2.34. The van der Waals surface area contributed by atoms with Gasteiger partial charge >= 0.3 is 0 Å². The molecule has 1 unspecified atom stereocenters. The number of likely N-dealkylation sites (N-methyl/N-ethyl adjacent to an activating group) is 1. The number of thiophene rings is 1. The molecule has 0 spiro atoms. The Labute approximate surface area is 138 Å². The number of ether oxygens (including phenoxy) is 1. The van der Waals surface area contributed by atoms with Gasteiger partial charge in [0.05, 0.1) is 12.1 Å². The minimum Gasteiger partial charge on any atom is -0.479 e. The molecular weight excluding hydrogens is 312 g/mol. The Balaban J connectivity index is 1.79. The lowest BCUT2D eigenvalue weighted by Gasteiger charge is -2.32. The van der Waals surface area contributed by atoms with Crippen molar-refractivity contribution in [1.29, 1.82) is 0 Å². The zero-order chi connectivity index (χ0) is 16.4. The molecule has 1 aliphatic heterocycles. The average Bonchev–Trinajstić information content (AvgIpc) is 3.02. The van der Waals surface area contributed by atoms with Gasteiger partial charge in [0, 0.05) is 17.1 Å². The number of rotatable bonds is 4. The van der Waals surface area contributed by atoms with Crippen LogP contribution in [-0.2, 0) is 16.0 Å². The summed E-state index contributed by atoms with van der Waals surface area (Å²) < 4.78 is 5.62. The van der Waals surface area contributed by atoms with Gasteiger partial charge < -0.3 is 15.0 Å². The first-order valence-electron chi connectivity index (χ1n) is 7.52. The van der Waals surface area contributed by atoms with Gasteiger partial charge in [-0.05, 0) is 43.5 Å². The van der Waals surface area contributed by atoms with Gasteiger partial charge in [-0.25, -0.2) is 0 Å². The monoisotopic (exact) mass is 330 g/mol. The number of fused-ring (bicyclic) bond motifs is 1. The maximum Gasteiger partial charge on any atom is 0.267 e. The lowest BCUT2D eigenvalue weighted by Crippen LogP contribution is -2.44. The average molecular weight is 330 g/mol. The Bertz CT molecular complexity index is 727. The molecule has 6 heteroatoms. The molecule has 5 nitrogen and oxygen atoms in total. The molecule has 3 rings (SSSR count). The SMILES string of the molecule is CCN1C(=O)C(C)Oc2ccc(NC(=O)Cc3cccs3)cc21. The zero-order valence-electron chi connectivity index (χ0n) is 13.0. The topological polar surface area (TPSA) is 58.6 Å². The summed E-state index contributed by atoms with van der Waals surface area (Å²) >= 11 is 1.56. The van der Waals surface area contributed by atoms with E-state index in [1.165, 1.54) is 0 Å². The molecule has 1 aromatic carbocycles. The molecule has 1 aromatic heterocycles. The molecule has 1 aliphatic rings. The van der Waals surface area contributed by atoms with Gasteiger partial charge in [0.25, 0.3) is 5.91 Å². The lowest BCUT2D eigenvalue weighted by atomic mass is 10.1. The van der Waals surface area contributed by atoms with Crippen LogP contribution in [0.3, 0.4) is 0 Å². The minimum absolute atomic E-state index is 0.0675. The summed E-state index contributed by atoms with van der Waals surface area (Å²) in [6, 6.07) is 9.23. The molecule has 23 heavy (non-hydrogen) atoms. The van der Waals surface area contributed by atoms with E-state index in [2.05, 4.69) is 5.32 Å². The maximum atomic E-state index is 12.2. The number of amides is 2. The number of nitrogens with zero attached hydrogens (tertiary/aromatic N) is 1. The molecular formula is C17H18N2O3S. The predicted octanol–water partition coefficient (Wildman–Crippen LogP) is 3.06. The number of carbonyl (C=O) groups is 2. The molecule has 0 fully saturated rings. The maximum absolute atomic E-state index is 12.2. The summed E-state index contributed by atoms with van der Waals surface area (Å²) in [5, 5.41) is 4.82. The Morgan fingerprint density at radius 3 is 2.91 bits per heavy atom. The van der Waals surface area contributed by atoms with Crippen LogP contribution >= 0.6 is 11.3 Å². The normalized spacial score (nSPS) is 16.7. The molecule has 1 atom stereocenters. The zero-order valence-corrected chi connectivity index (χ0v) is 13.9. The van der Waals surface area contributed by atoms with Crippen molar-refractivity contribution in [1.82, 2.24) is 0 Å². The van der Waals surface area contributed by atoms with Crippen LogP contribution in [0.4, 0.5) is 11.4 Å². The molecule has 120 valence electrons. The van der Waals surface area contributed by atoms with Crippen molar-refractivity contribution < 1.29 is 14.3 Å². The van der Waals surface area contributed by atoms with Crippen LogP contribution < -0.4 is 15.0 Å². The lowest BCUT2D eigenvalue weighted by molar-refractivity contribution is -0.125. The van der Waals surface area contributed by atoms with E-state index in [4.69, 9.17) is 4.74 Å². The highest BCUT2D eigenvalue weighted by Crippen LogP contribution is 2.36. The van der Waals surface area contributed by atoms with Crippen LogP contribution in [-0.4, -0.2) is 24.5 Å². The predicted molar refractivity (Wildman–Crippen MR) is 91.2 cm³/mol. The van der Waals surface area contributed by atoms with Crippen molar-refractivity contribution in [2.24, 2.45) is 0 Å². The van der Waals surface area contributed by atoms with E-state index in [1.807, 2.05) is 24.4 Å². The van der Waals surface area contributed by atoms with Crippen molar-refractivity contribution in [3.63, 3.8) is 0 Å². The van der Waals surface area contributed by atoms with Crippen LogP contribution in [0.1, 0.15) is 18.7 Å². The molecule has 2 heterocycles. The van der Waals surface area contributed by atoms with Gasteiger partial charge in [-0.3, -0.25) is 9.59 Å². The molecule has 2 aromatic rings. The second kappa shape index (κ2) is 6.42. The number of hydrogen-bond acceptors (Lipinski definition) is 4. The second-order valence-electron chi connectivity index (χ2n) is 5.33. The highest BCUT2D eigenvalue weighted by molar-refractivity contribution is 7.10. The van der Waals surface area contributed by atoms with Crippen molar-refractivity contribution in [3.05, 3.63) is 40.6 Å². The standard InChI is InChI=1S/C17H18N2O3S/c1-3-19-14-9-12(6-7-15(14)22-11(2)17(19)21)18-16(20)10-13-5-4-8-23-13/h4-9,11H,3,10H2,1-2H3,(H,18,20). The summed E-state index contributed by atoms with van der Waals surface area (Å²) in [7, 11) is 0. The second-order valence-corrected chi connectivity index (χ2v) is 6.36. The van der Waals surface area contributed by atoms with Crippen molar-refractivity contribution in [2.75, 3.05) is 16.8 Å². The summed E-state index contributed by atoms with van der Waals surface area (Å²) in [6.07, 6.45) is -0.139. The van der Waals surface area contributed by atoms with E-state index in [9.17, 15) is 9.59 Å². The van der Waals surface area contributed by atoms with Gasteiger partial charge in [0.2, 0.25) is 5.91 Å². The van der Waals surface area contributed by atoms with Crippen molar-refractivity contribution in [3.8, 4) is 5.75 Å². The highest BCUT2D eigenvalue weighted by Gasteiger charge is 2.30. The summed E-state index contributed by atoms with van der Waals surface area (Å²) in [4.78, 5) is 27.0. The molecule has 0 radical (unpaired) electrons. The van der Waals surface area contributed by atoms with Gasteiger partial charge in [-0.15, -0.1) is 11.3 Å². The quantitative estimate of drug-likeness (QED) is 0.937. The van der Waals surface area contributed by atoms with E-state index < -0.39 is 6.10 Å². The fraction of sp³-hybridized carbons (Fsp3) is 0.294. The van der Waals surface area contributed by atoms with E-state index in [-0.39, 0.29) is 11.8 Å². The van der Waals surface area contributed by atoms with Crippen LogP contribution in [0.15, 0.2) is 35.7 Å². The molecule has 0 aliphatic carbocycles. The number of hydrogen-bond donors (Lipinski definition) is 1. The van der Waals surface area contributed by atoms with E-state index in [0.29, 0.717) is 30.1 Å². The van der Waals surface area contributed by atoms with E-state index in [0.717, 1.165) is 4.88 Å². The molecule has 2 amide bonds. The number of benzene rings is 1. The Kier molecular flexibility index (Phi) is 4.34. The fourth-order valence-electron chi connectivity index (χ4n) is 2.59. The molecule has 0 bridgehead atoms. The third kappa shape index (κ3) is 3.22. The highest BCUT2D eigenvalue weighted by atomic mass is 32.1. The van der Waals surface area contributed by atoms with Crippen LogP contribution in [0.2, 0.25) is 0 Å². The Morgan fingerprint density at radius 1 is 1.39 bits per heavy atom. The molecule has 1 N–H and O–H groups in total. The number of carbonyl (C=O) groups excluding carboxylic acids is 2. The van der Waals surface area contributed by atoms with Crippen LogP contribution in [0.25, 0.3) is 0 Å². The minimum atomic E-state index is -0.485. The third-order valence-electron chi connectivity index (χ3n) is 3.68. The molecule has 0 saturated heterocycles.